The van der Waals surface area contributed by atoms with Crippen molar-refractivity contribution in [1.29, 1.82) is 0 Å². The van der Waals surface area contributed by atoms with Crippen molar-refractivity contribution in [2.24, 2.45) is 0 Å². The summed E-state index contributed by atoms with van der Waals surface area (Å²) in [7, 11) is -3.29. The minimum Gasteiger partial charge on any atom is -0.474 e. The zero-order valence-corrected chi connectivity index (χ0v) is 19.9. The molecule has 1 fully saturated rings. The smallest absolute Gasteiger partial charge is 0.228 e. The minimum atomic E-state index is -3.29. The molecule has 0 amide bonds. The number of aromatic nitrogens is 5. The fourth-order valence-corrected chi connectivity index (χ4v) is 4.67. The van der Waals surface area contributed by atoms with Crippen LogP contribution < -0.4 is 4.74 Å². The molecule has 1 N–H and O–H groups in total. The van der Waals surface area contributed by atoms with Crippen LogP contribution in [0.3, 0.4) is 0 Å². The summed E-state index contributed by atoms with van der Waals surface area (Å²) < 4.78 is 29.8. The molecule has 35 heavy (non-hydrogen) atoms. The van der Waals surface area contributed by atoms with Crippen LogP contribution in [-0.2, 0) is 9.84 Å². The van der Waals surface area contributed by atoms with Gasteiger partial charge in [0.2, 0.25) is 5.88 Å². The molecule has 4 heterocycles. The van der Waals surface area contributed by atoms with Gasteiger partial charge in [0.15, 0.2) is 27.1 Å². The molecule has 11 heteroatoms. The third kappa shape index (κ3) is 5.20. The molecule has 0 radical (unpaired) electrons. The fourth-order valence-electron chi connectivity index (χ4n) is 4.04. The Hall–Kier alpha value is -3.70. The highest BCUT2D eigenvalue weighted by atomic mass is 32.2. The summed E-state index contributed by atoms with van der Waals surface area (Å²) in [5, 5.41) is 7.61. The van der Waals surface area contributed by atoms with Crippen molar-refractivity contribution in [3.05, 3.63) is 60.6 Å². The lowest BCUT2D eigenvalue weighted by atomic mass is 10.1. The molecule has 4 aromatic rings. The first kappa shape index (κ1) is 23.1. The molecule has 180 valence electrons. The second kappa shape index (κ2) is 9.51. The normalized spacial score (nSPS) is 15.3. The zero-order chi connectivity index (χ0) is 24.4. The second-order valence-electron chi connectivity index (χ2n) is 8.54. The van der Waals surface area contributed by atoms with E-state index in [1.165, 1.54) is 18.4 Å². The Balaban J connectivity index is 1.28. The van der Waals surface area contributed by atoms with E-state index in [9.17, 15) is 13.2 Å². The van der Waals surface area contributed by atoms with Gasteiger partial charge in [-0.3, -0.25) is 19.8 Å². The maximum atomic E-state index is 12.5. The Morgan fingerprint density at radius 2 is 1.89 bits per heavy atom. The van der Waals surface area contributed by atoms with E-state index in [1.807, 2.05) is 0 Å². The maximum absolute atomic E-state index is 12.5. The number of rotatable bonds is 7. The Bertz CT molecular complexity index is 1450. The van der Waals surface area contributed by atoms with Gasteiger partial charge in [-0.2, -0.15) is 10.1 Å². The highest BCUT2D eigenvalue weighted by molar-refractivity contribution is 7.90. The van der Waals surface area contributed by atoms with Crippen molar-refractivity contribution in [3.63, 3.8) is 0 Å². The number of hydrogen-bond donors (Lipinski definition) is 1. The first-order valence-corrected chi connectivity index (χ1v) is 13.1. The van der Waals surface area contributed by atoms with Gasteiger partial charge in [-0.15, -0.1) is 0 Å². The molecule has 1 aromatic carbocycles. The van der Waals surface area contributed by atoms with E-state index < -0.39 is 9.84 Å². The summed E-state index contributed by atoms with van der Waals surface area (Å²) in [6, 6.07) is 9.97. The van der Waals surface area contributed by atoms with Gasteiger partial charge in [-0.05, 0) is 49.2 Å². The molecule has 3 aromatic heterocycles. The monoisotopic (exact) mass is 492 g/mol. The van der Waals surface area contributed by atoms with E-state index in [2.05, 4.69) is 30.0 Å². The summed E-state index contributed by atoms with van der Waals surface area (Å²) in [5.41, 5.74) is 1.82. The predicted octanol–water partition coefficient (Wildman–Crippen LogP) is 2.54. The number of fused-ring (bicyclic) bond motifs is 1. The third-order valence-electron chi connectivity index (χ3n) is 5.98. The van der Waals surface area contributed by atoms with Gasteiger partial charge in [0.1, 0.15) is 11.5 Å². The summed E-state index contributed by atoms with van der Waals surface area (Å²) in [4.78, 5) is 28.0. The Kier molecular flexibility index (Phi) is 6.27. The number of Topliss-reactive ketones (excluding diaryl/α,β-unsaturated/α-hetero) is 1. The van der Waals surface area contributed by atoms with Gasteiger partial charge >= 0.3 is 0 Å². The molecule has 1 aliphatic rings. The minimum absolute atomic E-state index is 0.0555. The van der Waals surface area contributed by atoms with Gasteiger partial charge in [0.25, 0.3) is 0 Å². The van der Waals surface area contributed by atoms with Crippen LogP contribution in [0.2, 0.25) is 0 Å². The largest absolute Gasteiger partial charge is 0.474 e. The SMILES string of the molecule is CS(=O)(=O)c1ccc(-c2nc(OC3CCN(CC(=O)c4cccnc4)CC3)c3cn[nH]c3n2)cc1. The number of ketones is 1. The molecule has 5 rings (SSSR count). The molecule has 0 atom stereocenters. The summed E-state index contributed by atoms with van der Waals surface area (Å²) in [6.07, 6.45) is 7.48. The predicted molar refractivity (Wildman–Crippen MR) is 129 cm³/mol. The number of ether oxygens (including phenoxy) is 1. The van der Waals surface area contributed by atoms with E-state index in [0.29, 0.717) is 40.4 Å². The number of hydrogen-bond acceptors (Lipinski definition) is 9. The number of pyridine rings is 1. The van der Waals surface area contributed by atoms with Crippen molar-refractivity contribution in [3.8, 4) is 17.3 Å². The first-order valence-electron chi connectivity index (χ1n) is 11.2. The van der Waals surface area contributed by atoms with Gasteiger partial charge in [0, 0.05) is 42.9 Å². The lowest BCUT2D eigenvalue weighted by Gasteiger charge is -2.31. The average molecular weight is 493 g/mol. The van der Waals surface area contributed by atoms with Crippen LogP contribution in [0.4, 0.5) is 0 Å². The Morgan fingerprint density at radius 1 is 1.11 bits per heavy atom. The van der Waals surface area contributed by atoms with E-state index in [-0.39, 0.29) is 16.8 Å². The van der Waals surface area contributed by atoms with E-state index in [1.54, 1.807) is 42.9 Å². The quantitative estimate of drug-likeness (QED) is 0.387. The number of nitrogens with one attached hydrogen (secondary N) is 1. The highest BCUT2D eigenvalue weighted by Crippen LogP contribution is 2.28. The lowest BCUT2D eigenvalue weighted by Crippen LogP contribution is -2.41. The number of aromatic amines is 1. The second-order valence-corrected chi connectivity index (χ2v) is 10.6. The third-order valence-corrected chi connectivity index (χ3v) is 7.11. The molecular weight excluding hydrogens is 468 g/mol. The number of carbonyl (C=O) groups is 1. The topological polar surface area (TPSA) is 131 Å². The van der Waals surface area contributed by atoms with Crippen LogP contribution in [0, 0.1) is 0 Å². The Morgan fingerprint density at radius 3 is 2.57 bits per heavy atom. The van der Waals surface area contributed by atoms with Crippen LogP contribution in [0.1, 0.15) is 23.2 Å². The lowest BCUT2D eigenvalue weighted by molar-refractivity contribution is 0.0783. The first-order chi connectivity index (χ1) is 16.9. The molecule has 0 unspecified atom stereocenters. The van der Waals surface area contributed by atoms with Crippen LogP contribution >= 0.6 is 0 Å². The number of likely N-dealkylation sites (tertiary alicyclic amines) is 1. The number of nitrogens with zero attached hydrogens (tertiary/aromatic N) is 5. The van der Waals surface area contributed by atoms with Gasteiger partial charge in [0.05, 0.1) is 17.6 Å². The molecule has 1 saturated heterocycles. The Labute approximate surface area is 202 Å². The molecule has 1 aliphatic heterocycles. The number of sulfone groups is 1. The van der Waals surface area contributed by atoms with Crippen LogP contribution in [0.5, 0.6) is 5.88 Å². The summed E-state index contributed by atoms with van der Waals surface area (Å²) in [5.74, 6) is 0.895. The van der Waals surface area contributed by atoms with Crippen molar-refractivity contribution >= 4 is 26.7 Å². The molecular formula is C24H24N6O4S. The molecule has 0 aliphatic carbocycles. The summed E-state index contributed by atoms with van der Waals surface area (Å²) >= 11 is 0. The highest BCUT2D eigenvalue weighted by Gasteiger charge is 2.24. The molecule has 0 bridgehead atoms. The standard InChI is InChI=1S/C24H24N6O4S/c1-35(32,33)19-6-4-16(5-7-19)22-27-23-20(14-26-29-23)24(28-22)34-18-8-11-30(12-9-18)15-21(31)17-3-2-10-25-13-17/h2-7,10,13-14,18H,8-9,11-12,15H2,1H3,(H,26,27,28,29). The van der Waals surface area contributed by atoms with Crippen LogP contribution in [-0.4, -0.2) is 76.2 Å². The average Bonchev–Trinajstić information content (AvgIpc) is 3.34. The van der Waals surface area contributed by atoms with Gasteiger partial charge < -0.3 is 4.74 Å². The van der Waals surface area contributed by atoms with E-state index in [0.717, 1.165) is 25.9 Å². The molecule has 0 spiro atoms. The van der Waals surface area contributed by atoms with Crippen molar-refractivity contribution < 1.29 is 17.9 Å². The number of H-pyrrole nitrogens is 1. The molecule has 10 nitrogen and oxygen atoms in total. The van der Waals surface area contributed by atoms with Crippen molar-refractivity contribution in [2.45, 2.75) is 23.8 Å². The number of piperidine rings is 1. The maximum Gasteiger partial charge on any atom is 0.228 e. The van der Waals surface area contributed by atoms with Gasteiger partial charge in [-0.1, -0.05) is 0 Å². The van der Waals surface area contributed by atoms with Gasteiger partial charge in [-0.25, -0.2) is 13.4 Å². The number of benzene rings is 1. The molecule has 0 saturated carbocycles. The van der Waals surface area contributed by atoms with Crippen LogP contribution in [0.25, 0.3) is 22.4 Å². The van der Waals surface area contributed by atoms with Crippen molar-refractivity contribution in [2.75, 3.05) is 25.9 Å². The van der Waals surface area contributed by atoms with E-state index in [4.69, 9.17) is 4.74 Å². The van der Waals surface area contributed by atoms with Crippen molar-refractivity contribution in [1.82, 2.24) is 30.0 Å². The van der Waals surface area contributed by atoms with Crippen LogP contribution in [0.15, 0.2) is 59.9 Å². The zero-order valence-electron chi connectivity index (χ0n) is 19.1. The van der Waals surface area contributed by atoms with E-state index >= 15 is 0 Å². The fraction of sp³-hybridized carbons (Fsp3) is 0.292. The number of carbonyl (C=O) groups excluding carboxylic acids is 1. The summed E-state index contributed by atoms with van der Waals surface area (Å²) in [6.45, 7) is 1.82.